The van der Waals surface area contributed by atoms with Crippen LogP contribution < -0.4 is 4.74 Å². The van der Waals surface area contributed by atoms with E-state index in [1.165, 1.54) is 0 Å². The molecule has 21 heavy (non-hydrogen) atoms. The Morgan fingerprint density at radius 1 is 1.38 bits per heavy atom. The van der Waals surface area contributed by atoms with Gasteiger partial charge >= 0.3 is 0 Å². The fourth-order valence-corrected chi connectivity index (χ4v) is 3.01. The Bertz CT molecular complexity index is 508. The number of piperidine rings is 1. The zero-order chi connectivity index (χ0) is 15.3. The molecule has 1 N–H and O–H groups in total. The molecule has 0 bridgehead atoms. The quantitative estimate of drug-likeness (QED) is 0.904. The van der Waals surface area contributed by atoms with E-state index >= 15 is 0 Å². The molecular formula is C17H24N2O2. The highest BCUT2D eigenvalue weighted by atomic mass is 16.5. The van der Waals surface area contributed by atoms with Crippen molar-refractivity contribution in [3.05, 3.63) is 29.3 Å². The second-order valence-electron chi connectivity index (χ2n) is 5.93. The molecule has 114 valence electrons. The van der Waals surface area contributed by atoms with Gasteiger partial charge < -0.3 is 9.84 Å². The topological polar surface area (TPSA) is 56.5 Å². The Kier molecular flexibility index (Phi) is 5.22. The maximum absolute atomic E-state index is 9.58. The molecule has 0 spiro atoms. The summed E-state index contributed by atoms with van der Waals surface area (Å²) in [5.41, 5.74) is 1.85. The highest BCUT2D eigenvalue weighted by molar-refractivity contribution is 5.45. The lowest BCUT2D eigenvalue weighted by atomic mass is 9.77. The van der Waals surface area contributed by atoms with Crippen LogP contribution in [0.5, 0.6) is 5.75 Å². The van der Waals surface area contributed by atoms with Crippen LogP contribution >= 0.6 is 0 Å². The number of aliphatic hydroxyl groups is 1. The Balaban J connectivity index is 1.99. The minimum atomic E-state index is 0.119. The summed E-state index contributed by atoms with van der Waals surface area (Å²) >= 11 is 0. The molecule has 1 heterocycles. The lowest BCUT2D eigenvalue weighted by Crippen LogP contribution is -2.41. The van der Waals surface area contributed by atoms with Crippen molar-refractivity contribution >= 4 is 0 Å². The number of benzene rings is 1. The summed E-state index contributed by atoms with van der Waals surface area (Å²) in [4.78, 5) is 2.40. The molecule has 4 nitrogen and oxygen atoms in total. The van der Waals surface area contributed by atoms with Gasteiger partial charge in [-0.15, -0.1) is 0 Å². The summed E-state index contributed by atoms with van der Waals surface area (Å²) in [5, 5.41) is 18.7. The van der Waals surface area contributed by atoms with E-state index < -0.39 is 0 Å². The van der Waals surface area contributed by atoms with Gasteiger partial charge in [-0.05, 0) is 55.5 Å². The van der Waals surface area contributed by atoms with Gasteiger partial charge in [0, 0.05) is 13.2 Å². The number of nitrogens with zero attached hydrogens (tertiary/aromatic N) is 2. The molecule has 1 aromatic carbocycles. The molecule has 0 aromatic heterocycles. The summed E-state index contributed by atoms with van der Waals surface area (Å²) in [6.07, 6.45) is 3.13. The zero-order valence-corrected chi connectivity index (χ0v) is 12.9. The number of rotatable bonds is 5. The molecular weight excluding hydrogens is 264 g/mol. The molecule has 0 amide bonds. The first-order valence-corrected chi connectivity index (χ1v) is 7.56. The van der Waals surface area contributed by atoms with E-state index in [2.05, 4.69) is 17.9 Å². The van der Waals surface area contributed by atoms with Crippen molar-refractivity contribution in [1.82, 2.24) is 4.90 Å². The van der Waals surface area contributed by atoms with Crippen molar-refractivity contribution in [2.24, 2.45) is 5.41 Å². The Morgan fingerprint density at radius 3 is 2.62 bits per heavy atom. The molecule has 1 aromatic rings. The van der Waals surface area contributed by atoms with E-state index in [1.54, 1.807) is 7.11 Å². The number of hydrogen-bond acceptors (Lipinski definition) is 4. The van der Waals surface area contributed by atoms with Crippen LogP contribution in [-0.4, -0.2) is 36.8 Å². The lowest BCUT2D eigenvalue weighted by molar-refractivity contribution is 0.0382. The molecule has 1 saturated heterocycles. The summed E-state index contributed by atoms with van der Waals surface area (Å²) < 4.78 is 5.17. The molecule has 0 aliphatic carbocycles. The average Bonchev–Trinajstić information content (AvgIpc) is 2.55. The van der Waals surface area contributed by atoms with E-state index in [0.29, 0.717) is 17.9 Å². The molecule has 0 atom stereocenters. The number of likely N-dealkylation sites (tertiary alicyclic amines) is 1. The van der Waals surface area contributed by atoms with Gasteiger partial charge in [0.1, 0.15) is 11.8 Å². The lowest BCUT2D eigenvalue weighted by Gasteiger charge is -2.40. The van der Waals surface area contributed by atoms with Crippen LogP contribution in [-0.2, 0) is 6.54 Å². The monoisotopic (exact) mass is 288 g/mol. The fraction of sp³-hybridized carbons (Fsp3) is 0.588. The van der Waals surface area contributed by atoms with Crippen LogP contribution in [0.2, 0.25) is 0 Å². The third-order valence-corrected chi connectivity index (χ3v) is 4.79. The number of nitriles is 1. The van der Waals surface area contributed by atoms with Gasteiger partial charge in [-0.25, -0.2) is 0 Å². The van der Waals surface area contributed by atoms with Crippen molar-refractivity contribution in [2.45, 2.75) is 32.7 Å². The Labute approximate surface area is 127 Å². The van der Waals surface area contributed by atoms with Crippen molar-refractivity contribution in [2.75, 3.05) is 26.8 Å². The van der Waals surface area contributed by atoms with Crippen molar-refractivity contribution in [3.63, 3.8) is 0 Å². The maximum Gasteiger partial charge on any atom is 0.136 e. The first kappa shape index (κ1) is 15.8. The largest absolute Gasteiger partial charge is 0.495 e. The Hall–Kier alpha value is -1.57. The predicted octanol–water partition coefficient (Wildman–Crippen LogP) is 2.55. The Morgan fingerprint density at radius 2 is 2.10 bits per heavy atom. The maximum atomic E-state index is 9.58. The van der Waals surface area contributed by atoms with Gasteiger partial charge in [0.25, 0.3) is 0 Å². The van der Waals surface area contributed by atoms with Crippen LogP contribution in [0.3, 0.4) is 0 Å². The van der Waals surface area contributed by atoms with E-state index in [9.17, 15) is 5.11 Å². The SMILES string of the molecule is CCC1(CO)CCN(Cc2ccc(OC)c(C#N)c2)CC1. The molecule has 4 heteroatoms. The van der Waals surface area contributed by atoms with Crippen molar-refractivity contribution < 1.29 is 9.84 Å². The standard InChI is InChI=1S/C17H24N2O2/c1-3-17(13-20)6-8-19(9-7-17)12-14-4-5-16(21-2)15(10-14)11-18/h4-5,10,20H,3,6-9,12-13H2,1-2H3. The van der Waals surface area contributed by atoms with E-state index in [-0.39, 0.29) is 5.41 Å². The van der Waals surface area contributed by atoms with Gasteiger partial charge in [0.15, 0.2) is 0 Å². The average molecular weight is 288 g/mol. The number of aliphatic hydroxyl groups excluding tert-OH is 1. The highest BCUT2D eigenvalue weighted by Gasteiger charge is 2.32. The summed E-state index contributed by atoms with van der Waals surface area (Å²) in [7, 11) is 1.58. The van der Waals surface area contributed by atoms with E-state index in [0.717, 1.165) is 44.5 Å². The van der Waals surface area contributed by atoms with Crippen LogP contribution in [0.4, 0.5) is 0 Å². The second-order valence-corrected chi connectivity index (χ2v) is 5.93. The van der Waals surface area contributed by atoms with Gasteiger partial charge in [0.2, 0.25) is 0 Å². The highest BCUT2D eigenvalue weighted by Crippen LogP contribution is 2.34. The summed E-state index contributed by atoms with van der Waals surface area (Å²) in [6, 6.07) is 7.97. The molecule has 1 aliphatic rings. The first-order chi connectivity index (χ1) is 10.2. The third-order valence-electron chi connectivity index (χ3n) is 4.79. The van der Waals surface area contributed by atoms with Crippen LogP contribution in [0.15, 0.2) is 18.2 Å². The number of methoxy groups -OCH3 is 1. The summed E-state index contributed by atoms with van der Waals surface area (Å²) in [5.74, 6) is 0.630. The van der Waals surface area contributed by atoms with Gasteiger partial charge in [0.05, 0.1) is 12.7 Å². The number of ether oxygens (including phenoxy) is 1. The number of hydrogen-bond donors (Lipinski definition) is 1. The molecule has 0 saturated carbocycles. The second kappa shape index (κ2) is 6.93. The molecule has 0 unspecified atom stereocenters. The molecule has 1 fully saturated rings. The van der Waals surface area contributed by atoms with Crippen molar-refractivity contribution in [3.8, 4) is 11.8 Å². The van der Waals surface area contributed by atoms with Gasteiger partial charge in [-0.3, -0.25) is 4.90 Å². The minimum Gasteiger partial charge on any atom is -0.495 e. The molecule has 0 radical (unpaired) electrons. The third kappa shape index (κ3) is 3.55. The van der Waals surface area contributed by atoms with Crippen LogP contribution in [0.25, 0.3) is 0 Å². The molecule has 1 aliphatic heterocycles. The van der Waals surface area contributed by atoms with Crippen molar-refractivity contribution in [1.29, 1.82) is 5.26 Å². The van der Waals surface area contributed by atoms with Crippen LogP contribution in [0, 0.1) is 16.7 Å². The van der Waals surface area contributed by atoms with Gasteiger partial charge in [-0.2, -0.15) is 5.26 Å². The summed E-state index contributed by atoms with van der Waals surface area (Å²) in [6.45, 7) is 5.31. The zero-order valence-electron chi connectivity index (χ0n) is 12.9. The van der Waals surface area contributed by atoms with Crippen LogP contribution in [0.1, 0.15) is 37.3 Å². The minimum absolute atomic E-state index is 0.119. The normalized spacial score (nSPS) is 18.2. The molecule has 2 rings (SSSR count). The van der Waals surface area contributed by atoms with Gasteiger partial charge in [-0.1, -0.05) is 13.0 Å². The van der Waals surface area contributed by atoms with E-state index in [1.807, 2.05) is 18.2 Å². The first-order valence-electron chi connectivity index (χ1n) is 7.56. The smallest absolute Gasteiger partial charge is 0.136 e. The van der Waals surface area contributed by atoms with E-state index in [4.69, 9.17) is 10.00 Å². The predicted molar refractivity (Wildman–Crippen MR) is 82.0 cm³/mol. The fourth-order valence-electron chi connectivity index (χ4n) is 3.01.